The van der Waals surface area contributed by atoms with Gasteiger partial charge in [-0.25, -0.2) is 4.98 Å². The predicted molar refractivity (Wildman–Crippen MR) is 129 cm³/mol. The van der Waals surface area contributed by atoms with E-state index in [4.69, 9.17) is 67.5 Å². The van der Waals surface area contributed by atoms with Gasteiger partial charge < -0.3 is 9.47 Å². The average molecular weight is 541 g/mol. The van der Waals surface area contributed by atoms with Crippen LogP contribution in [0, 0.1) is 6.92 Å². The van der Waals surface area contributed by atoms with Gasteiger partial charge in [0.2, 0.25) is 0 Å². The number of anilines is 1. The molecule has 0 saturated carbocycles. The number of nitrogens with zero attached hydrogens (tertiary/aromatic N) is 1. The van der Waals surface area contributed by atoms with Crippen LogP contribution in [0.15, 0.2) is 24.3 Å². The summed E-state index contributed by atoms with van der Waals surface area (Å²) in [7, 11) is 0. The Morgan fingerprint density at radius 2 is 1.55 bits per heavy atom. The molecule has 0 aliphatic rings. The van der Waals surface area contributed by atoms with Crippen molar-refractivity contribution in [1.82, 2.24) is 4.98 Å². The van der Waals surface area contributed by atoms with Gasteiger partial charge in [-0.2, -0.15) is 0 Å². The van der Waals surface area contributed by atoms with Gasteiger partial charge in [-0.15, -0.1) is 11.3 Å². The van der Waals surface area contributed by atoms with Crippen molar-refractivity contribution in [2.75, 3.05) is 18.5 Å². The van der Waals surface area contributed by atoms with Crippen LogP contribution in [0.4, 0.5) is 5.13 Å². The minimum atomic E-state index is -0.457. The van der Waals surface area contributed by atoms with Crippen molar-refractivity contribution in [3.05, 3.63) is 54.3 Å². The van der Waals surface area contributed by atoms with Gasteiger partial charge in [-0.1, -0.05) is 58.0 Å². The zero-order valence-corrected chi connectivity index (χ0v) is 20.8. The first-order chi connectivity index (χ1) is 14.7. The van der Waals surface area contributed by atoms with E-state index in [0.29, 0.717) is 11.7 Å². The van der Waals surface area contributed by atoms with E-state index in [-0.39, 0.29) is 37.5 Å². The molecular weight excluding hydrogens is 526 g/mol. The second kappa shape index (κ2) is 10.5. The fourth-order valence-electron chi connectivity index (χ4n) is 2.60. The first-order valence-electron chi connectivity index (χ1n) is 8.87. The van der Waals surface area contributed by atoms with Crippen LogP contribution >= 0.6 is 69.3 Å². The van der Waals surface area contributed by atoms with E-state index in [1.807, 2.05) is 38.1 Å². The molecule has 1 N–H and O–H groups in total. The van der Waals surface area contributed by atoms with Crippen LogP contribution < -0.4 is 14.8 Å². The highest BCUT2D eigenvalue weighted by Crippen LogP contribution is 2.48. The molecule has 11 heteroatoms. The first-order valence-corrected chi connectivity index (χ1v) is 11.6. The Morgan fingerprint density at radius 1 is 0.968 bits per heavy atom. The summed E-state index contributed by atoms with van der Waals surface area (Å²) in [6.45, 7) is 4.06. The number of aromatic nitrogens is 1. The van der Waals surface area contributed by atoms with Gasteiger partial charge >= 0.3 is 0 Å². The average Bonchev–Trinajstić information content (AvgIpc) is 3.11. The van der Waals surface area contributed by atoms with E-state index in [1.165, 1.54) is 11.3 Å². The molecule has 164 valence electrons. The largest absolute Gasteiger partial charge is 0.494 e. The summed E-state index contributed by atoms with van der Waals surface area (Å²) in [5, 5.41) is 3.05. The number of hydrogen-bond acceptors (Lipinski definition) is 5. The number of halogens is 5. The van der Waals surface area contributed by atoms with Crippen LogP contribution in [-0.2, 0) is 4.79 Å². The number of amides is 1. The van der Waals surface area contributed by atoms with Crippen molar-refractivity contribution in [3.63, 3.8) is 0 Å². The Hall–Kier alpha value is -1.41. The van der Waals surface area contributed by atoms with E-state index in [2.05, 4.69) is 10.3 Å². The summed E-state index contributed by atoms with van der Waals surface area (Å²) >= 11 is 31.5. The molecule has 0 spiro atoms. The third-order valence-electron chi connectivity index (χ3n) is 4.00. The molecule has 31 heavy (non-hydrogen) atoms. The Labute approximate surface area is 208 Å². The summed E-state index contributed by atoms with van der Waals surface area (Å²) in [5.41, 5.74) is 1.68. The lowest BCUT2D eigenvalue weighted by Crippen LogP contribution is -2.20. The van der Waals surface area contributed by atoms with E-state index in [9.17, 15) is 4.79 Å². The first kappa shape index (κ1) is 24.2. The van der Waals surface area contributed by atoms with Gasteiger partial charge in [0.15, 0.2) is 17.5 Å². The van der Waals surface area contributed by atoms with Crippen molar-refractivity contribution in [2.24, 2.45) is 0 Å². The molecule has 1 amide bonds. The molecule has 0 aliphatic carbocycles. The van der Waals surface area contributed by atoms with Crippen LogP contribution in [-0.4, -0.2) is 24.1 Å². The Kier molecular flexibility index (Phi) is 8.19. The summed E-state index contributed by atoms with van der Waals surface area (Å²) in [6.07, 6.45) is 0. The standard InChI is InChI=1S/C20H15Cl5N2O3S/c1-3-29-11-6-4-10(5-7-11)18-9(2)31-20(27-18)26-12(28)8-30-19-16(24)14(22)13(21)15(23)17(19)25/h4-7H,3,8H2,1-2H3,(H,26,27,28). The van der Waals surface area contributed by atoms with Gasteiger partial charge in [0.05, 0.1) is 27.4 Å². The van der Waals surface area contributed by atoms with E-state index in [0.717, 1.165) is 21.9 Å². The SMILES string of the molecule is CCOc1ccc(-c2nc(NC(=O)COc3c(Cl)c(Cl)c(Cl)c(Cl)c3Cl)sc2C)cc1. The quantitative estimate of drug-likeness (QED) is 0.245. The molecule has 1 aromatic heterocycles. The highest BCUT2D eigenvalue weighted by atomic mass is 35.5. The van der Waals surface area contributed by atoms with E-state index in [1.54, 1.807) is 0 Å². The third-order valence-corrected chi connectivity index (χ3v) is 7.13. The van der Waals surface area contributed by atoms with Gasteiger partial charge in [0.1, 0.15) is 15.8 Å². The number of hydrogen-bond donors (Lipinski definition) is 1. The van der Waals surface area contributed by atoms with Crippen molar-refractivity contribution in [1.29, 1.82) is 0 Å². The molecule has 0 radical (unpaired) electrons. The second-order valence-electron chi connectivity index (χ2n) is 6.12. The van der Waals surface area contributed by atoms with Crippen molar-refractivity contribution in [3.8, 4) is 22.8 Å². The number of thiazole rings is 1. The van der Waals surface area contributed by atoms with E-state index < -0.39 is 5.91 Å². The van der Waals surface area contributed by atoms with Crippen molar-refractivity contribution < 1.29 is 14.3 Å². The number of rotatable bonds is 7. The maximum atomic E-state index is 12.4. The van der Waals surface area contributed by atoms with Gasteiger partial charge in [0.25, 0.3) is 5.91 Å². The number of aryl methyl sites for hydroxylation is 1. The summed E-state index contributed by atoms with van der Waals surface area (Å²) in [6, 6.07) is 7.58. The van der Waals surface area contributed by atoms with Crippen LogP contribution in [0.3, 0.4) is 0 Å². The molecule has 0 saturated heterocycles. The lowest BCUT2D eigenvalue weighted by Gasteiger charge is -2.13. The monoisotopic (exact) mass is 538 g/mol. The maximum absolute atomic E-state index is 12.4. The summed E-state index contributed by atoms with van der Waals surface area (Å²) in [4.78, 5) is 17.8. The molecule has 1 heterocycles. The highest BCUT2D eigenvalue weighted by molar-refractivity contribution is 7.16. The minimum Gasteiger partial charge on any atom is -0.494 e. The molecule has 2 aromatic carbocycles. The van der Waals surface area contributed by atoms with Gasteiger partial charge in [-0.3, -0.25) is 10.1 Å². The smallest absolute Gasteiger partial charge is 0.264 e. The molecule has 0 aliphatic heterocycles. The minimum absolute atomic E-state index is 0.00946. The van der Waals surface area contributed by atoms with Gasteiger partial charge in [-0.05, 0) is 38.1 Å². The van der Waals surface area contributed by atoms with Crippen molar-refractivity contribution in [2.45, 2.75) is 13.8 Å². The topological polar surface area (TPSA) is 60.5 Å². The number of carbonyl (C=O) groups excluding carboxylic acids is 1. The number of carbonyl (C=O) groups is 1. The fraction of sp³-hybridized carbons (Fsp3) is 0.200. The van der Waals surface area contributed by atoms with Crippen molar-refractivity contribution >= 4 is 80.4 Å². The van der Waals surface area contributed by atoms with Crippen LogP contribution in [0.5, 0.6) is 11.5 Å². The summed E-state index contributed by atoms with van der Waals surface area (Å²) < 4.78 is 10.9. The predicted octanol–water partition coefficient (Wildman–Crippen LogP) is 7.80. The molecule has 0 fully saturated rings. The zero-order chi connectivity index (χ0) is 22.7. The van der Waals surface area contributed by atoms with Crippen LogP contribution in [0.25, 0.3) is 11.3 Å². The lowest BCUT2D eigenvalue weighted by atomic mass is 10.1. The third kappa shape index (κ3) is 5.51. The Bertz CT molecular complexity index is 1090. The Balaban J connectivity index is 1.69. The molecule has 3 rings (SSSR count). The Morgan fingerprint density at radius 3 is 2.13 bits per heavy atom. The van der Waals surface area contributed by atoms with E-state index >= 15 is 0 Å². The normalized spacial score (nSPS) is 10.8. The molecule has 0 unspecified atom stereocenters. The fourth-order valence-corrected chi connectivity index (χ4v) is 4.68. The van der Waals surface area contributed by atoms with Gasteiger partial charge in [0, 0.05) is 10.4 Å². The molecule has 0 bridgehead atoms. The maximum Gasteiger partial charge on any atom is 0.264 e. The second-order valence-corrected chi connectivity index (χ2v) is 9.21. The molecule has 5 nitrogen and oxygen atoms in total. The molecule has 0 atom stereocenters. The highest BCUT2D eigenvalue weighted by Gasteiger charge is 2.21. The number of benzene rings is 2. The number of nitrogens with one attached hydrogen (secondary N) is 1. The van der Waals surface area contributed by atoms with Crippen LogP contribution in [0.1, 0.15) is 11.8 Å². The molecule has 3 aromatic rings. The zero-order valence-electron chi connectivity index (χ0n) is 16.2. The summed E-state index contributed by atoms with van der Waals surface area (Å²) in [5.74, 6) is 0.300. The molecular formula is C20H15Cl5N2O3S. The number of ether oxygens (including phenoxy) is 2. The lowest BCUT2D eigenvalue weighted by molar-refractivity contribution is -0.118. The van der Waals surface area contributed by atoms with Crippen LogP contribution in [0.2, 0.25) is 25.1 Å².